The molecule has 6 heteroatoms. The standard InChI is InChI=1S/C18H23N5S/c1-13-6-7-15-14(12-13)16-17(19-15)20-18(22-21-16)24-11-10-23-8-4-2-3-5-9-23/h6-7,12H,2-5,8-11H2,1H3,(H,19,20,22)/p+1. The first-order valence-electron chi connectivity index (χ1n) is 8.83. The lowest BCUT2D eigenvalue weighted by atomic mass is 10.2. The van der Waals surface area contributed by atoms with Crippen LogP contribution in [0.4, 0.5) is 0 Å². The largest absolute Gasteiger partial charge is 0.321 e. The third kappa shape index (κ3) is 3.39. The highest BCUT2D eigenvalue weighted by Gasteiger charge is 2.15. The summed E-state index contributed by atoms with van der Waals surface area (Å²) in [5.41, 5.74) is 4.22. The van der Waals surface area contributed by atoms with Crippen molar-refractivity contribution in [1.82, 2.24) is 20.1 Å². The third-order valence-corrected chi connectivity index (χ3v) is 5.59. The van der Waals surface area contributed by atoms with Crippen molar-refractivity contribution in [2.45, 2.75) is 37.8 Å². The molecular weight excluding hydrogens is 318 g/mol. The molecule has 0 atom stereocenters. The second kappa shape index (κ2) is 7.07. The number of nitrogens with zero attached hydrogens (tertiary/aromatic N) is 3. The lowest BCUT2D eigenvalue weighted by molar-refractivity contribution is -0.406. The van der Waals surface area contributed by atoms with Gasteiger partial charge in [-0.3, -0.25) is 4.98 Å². The predicted molar refractivity (Wildman–Crippen MR) is 98.3 cm³/mol. The maximum absolute atomic E-state index is 4.44. The van der Waals surface area contributed by atoms with E-state index in [1.165, 1.54) is 44.3 Å². The Balaban J connectivity index is 1.45. The highest BCUT2D eigenvalue weighted by atomic mass is 32.2. The Kier molecular flexibility index (Phi) is 4.67. The number of nitrogens with one attached hydrogen (secondary N) is 2. The minimum absolute atomic E-state index is 0.889. The molecule has 1 fully saturated rings. The van der Waals surface area contributed by atoms with Crippen molar-refractivity contribution in [3.05, 3.63) is 23.8 Å². The fourth-order valence-electron chi connectivity index (χ4n) is 3.41. The zero-order valence-electron chi connectivity index (χ0n) is 14.1. The molecule has 3 heterocycles. The molecule has 0 radical (unpaired) electrons. The van der Waals surface area contributed by atoms with E-state index < -0.39 is 0 Å². The van der Waals surface area contributed by atoms with E-state index in [1.54, 1.807) is 11.8 Å². The van der Waals surface area contributed by atoms with Gasteiger partial charge in [-0.15, -0.1) is 0 Å². The SMILES string of the molecule is Cc1ccc2[nH]c3[nH+]c(SCCN4CCCCCC4)nnc3c2c1. The van der Waals surface area contributed by atoms with Crippen LogP contribution in [-0.2, 0) is 0 Å². The number of aromatic nitrogens is 4. The number of H-pyrrole nitrogens is 2. The number of rotatable bonds is 4. The van der Waals surface area contributed by atoms with Gasteiger partial charge in [0, 0.05) is 22.8 Å². The van der Waals surface area contributed by atoms with E-state index in [-0.39, 0.29) is 0 Å². The Bertz CT molecular complexity index is 836. The number of aryl methyl sites for hydroxylation is 1. The molecule has 0 saturated carbocycles. The zero-order valence-corrected chi connectivity index (χ0v) is 15.0. The van der Waals surface area contributed by atoms with Gasteiger partial charge in [0.15, 0.2) is 5.52 Å². The van der Waals surface area contributed by atoms with Crippen LogP contribution < -0.4 is 4.98 Å². The molecule has 5 nitrogen and oxygen atoms in total. The smallest absolute Gasteiger partial charge is 0.303 e. The molecule has 0 spiro atoms. The Morgan fingerprint density at radius 2 is 2.00 bits per heavy atom. The van der Waals surface area contributed by atoms with E-state index in [4.69, 9.17) is 0 Å². The van der Waals surface area contributed by atoms with Crippen LogP contribution in [0, 0.1) is 6.92 Å². The molecule has 1 saturated heterocycles. The summed E-state index contributed by atoms with van der Waals surface area (Å²) in [7, 11) is 0. The summed E-state index contributed by atoms with van der Waals surface area (Å²) in [4.78, 5) is 9.39. The van der Waals surface area contributed by atoms with Gasteiger partial charge in [0.1, 0.15) is 5.52 Å². The van der Waals surface area contributed by atoms with Crippen molar-refractivity contribution in [2.24, 2.45) is 0 Å². The highest BCUT2D eigenvalue weighted by molar-refractivity contribution is 7.99. The number of benzene rings is 1. The van der Waals surface area contributed by atoms with Crippen LogP contribution in [-0.4, -0.2) is 45.5 Å². The topological polar surface area (TPSA) is 59.0 Å². The van der Waals surface area contributed by atoms with Crippen molar-refractivity contribution in [3.63, 3.8) is 0 Å². The van der Waals surface area contributed by atoms with E-state index >= 15 is 0 Å². The summed E-state index contributed by atoms with van der Waals surface area (Å²) < 4.78 is 0. The Morgan fingerprint density at radius 3 is 2.83 bits per heavy atom. The van der Waals surface area contributed by atoms with Crippen LogP contribution in [0.15, 0.2) is 23.4 Å². The van der Waals surface area contributed by atoms with E-state index in [1.807, 2.05) is 0 Å². The maximum atomic E-state index is 4.44. The van der Waals surface area contributed by atoms with Crippen LogP contribution in [0.2, 0.25) is 0 Å². The van der Waals surface area contributed by atoms with Crippen LogP contribution in [0.1, 0.15) is 31.2 Å². The van der Waals surface area contributed by atoms with Gasteiger partial charge in [0.05, 0.1) is 0 Å². The third-order valence-electron chi connectivity index (χ3n) is 4.74. The normalized spacial score (nSPS) is 16.7. The average Bonchev–Trinajstić information content (AvgIpc) is 2.75. The van der Waals surface area contributed by atoms with Gasteiger partial charge in [-0.2, -0.15) is 0 Å². The van der Waals surface area contributed by atoms with E-state index in [2.05, 4.69) is 50.2 Å². The van der Waals surface area contributed by atoms with Gasteiger partial charge < -0.3 is 4.90 Å². The molecule has 24 heavy (non-hydrogen) atoms. The van der Waals surface area contributed by atoms with Gasteiger partial charge in [0.25, 0.3) is 5.65 Å². The molecule has 126 valence electrons. The molecule has 3 aromatic rings. The molecule has 0 unspecified atom stereocenters. The zero-order chi connectivity index (χ0) is 16.4. The average molecular weight is 342 g/mol. The molecule has 1 aromatic carbocycles. The van der Waals surface area contributed by atoms with Crippen molar-refractivity contribution in [3.8, 4) is 0 Å². The van der Waals surface area contributed by atoms with Crippen molar-refractivity contribution in [1.29, 1.82) is 0 Å². The van der Waals surface area contributed by atoms with E-state index in [0.717, 1.165) is 39.5 Å². The summed E-state index contributed by atoms with van der Waals surface area (Å²) in [6, 6.07) is 6.37. The number of thioether (sulfide) groups is 1. The van der Waals surface area contributed by atoms with Gasteiger partial charge in [0.2, 0.25) is 0 Å². The molecule has 1 aliphatic heterocycles. The molecule has 0 bridgehead atoms. The summed E-state index contributed by atoms with van der Waals surface area (Å²) in [5.74, 6) is 1.05. The van der Waals surface area contributed by atoms with E-state index in [9.17, 15) is 0 Å². The molecule has 0 aliphatic carbocycles. The van der Waals surface area contributed by atoms with Crippen molar-refractivity contribution < 1.29 is 4.98 Å². The Morgan fingerprint density at radius 1 is 1.17 bits per heavy atom. The van der Waals surface area contributed by atoms with Gasteiger partial charge >= 0.3 is 5.16 Å². The van der Waals surface area contributed by atoms with Gasteiger partial charge in [-0.05, 0) is 56.7 Å². The lowest BCUT2D eigenvalue weighted by Crippen LogP contribution is -2.27. The minimum atomic E-state index is 0.889. The molecular formula is C18H24N5S+. The summed E-state index contributed by atoms with van der Waals surface area (Å²) in [6.45, 7) is 5.72. The van der Waals surface area contributed by atoms with Gasteiger partial charge in [-0.1, -0.05) is 29.6 Å². The molecule has 2 aromatic heterocycles. The monoisotopic (exact) mass is 342 g/mol. The Labute approximate surface area is 146 Å². The van der Waals surface area contributed by atoms with Crippen LogP contribution in [0.25, 0.3) is 22.1 Å². The van der Waals surface area contributed by atoms with Crippen molar-refractivity contribution >= 4 is 33.8 Å². The van der Waals surface area contributed by atoms with Crippen molar-refractivity contribution in [2.75, 3.05) is 25.4 Å². The molecule has 4 rings (SSSR count). The first kappa shape index (κ1) is 15.8. The second-order valence-corrected chi connectivity index (χ2v) is 7.72. The Hall–Kier alpha value is -1.66. The highest BCUT2D eigenvalue weighted by Crippen LogP contribution is 2.22. The van der Waals surface area contributed by atoms with Crippen LogP contribution >= 0.6 is 11.8 Å². The number of likely N-dealkylation sites (tertiary alicyclic amines) is 1. The molecule has 1 aliphatic rings. The minimum Gasteiger partial charge on any atom is -0.303 e. The van der Waals surface area contributed by atoms with Crippen LogP contribution in [0.5, 0.6) is 0 Å². The fraction of sp³-hybridized carbons (Fsp3) is 0.500. The first-order chi connectivity index (χ1) is 11.8. The summed E-state index contributed by atoms with van der Waals surface area (Å²) in [6.07, 6.45) is 5.47. The predicted octanol–water partition coefficient (Wildman–Crippen LogP) is 3.20. The summed E-state index contributed by atoms with van der Waals surface area (Å²) >= 11 is 1.76. The fourth-order valence-corrected chi connectivity index (χ4v) is 4.22. The lowest BCUT2D eigenvalue weighted by Gasteiger charge is -2.18. The molecule has 0 amide bonds. The number of aromatic amines is 2. The van der Waals surface area contributed by atoms with E-state index in [0.29, 0.717) is 0 Å². The number of fused-ring (bicyclic) bond motifs is 3. The summed E-state index contributed by atoms with van der Waals surface area (Å²) in [5, 5.41) is 10.8. The number of hydrogen-bond donors (Lipinski definition) is 1. The quantitative estimate of drug-likeness (QED) is 0.740. The van der Waals surface area contributed by atoms with Gasteiger partial charge in [-0.25, -0.2) is 4.98 Å². The first-order valence-corrected chi connectivity index (χ1v) is 9.81. The number of hydrogen-bond acceptors (Lipinski definition) is 4. The van der Waals surface area contributed by atoms with Crippen LogP contribution in [0.3, 0.4) is 0 Å². The second-order valence-electron chi connectivity index (χ2n) is 6.63. The maximum Gasteiger partial charge on any atom is 0.321 e. The molecule has 2 N–H and O–H groups in total.